The van der Waals surface area contributed by atoms with Crippen LogP contribution in [0.4, 0.5) is 5.82 Å². The summed E-state index contributed by atoms with van der Waals surface area (Å²) in [6, 6.07) is 8.56. The Hall–Kier alpha value is -1.72. The molecule has 1 atom stereocenters. The van der Waals surface area contributed by atoms with Crippen LogP contribution >= 0.6 is 11.3 Å². The van der Waals surface area contributed by atoms with Crippen LogP contribution in [0.1, 0.15) is 53.5 Å². The molecule has 0 aromatic carbocycles. The Morgan fingerprint density at radius 3 is 2.80 bits per heavy atom. The van der Waals surface area contributed by atoms with E-state index in [9.17, 15) is 4.79 Å². The third-order valence-corrected chi connectivity index (χ3v) is 5.47. The Labute approximate surface area is 155 Å². The average molecular weight is 360 g/mol. The van der Waals surface area contributed by atoms with E-state index in [1.807, 2.05) is 30.5 Å². The van der Waals surface area contributed by atoms with Gasteiger partial charge in [0.2, 0.25) is 0 Å². The van der Waals surface area contributed by atoms with Crippen molar-refractivity contribution < 1.29 is 4.79 Å². The summed E-state index contributed by atoms with van der Waals surface area (Å²) in [5, 5.41) is 5.20. The number of carbonyl (C=O) groups excluding carboxylic acids is 1. The van der Waals surface area contributed by atoms with Crippen LogP contribution in [-0.2, 0) is 6.54 Å². The maximum absolute atomic E-state index is 10.8. The molecule has 0 radical (unpaired) electrons. The summed E-state index contributed by atoms with van der Waals surface area (Å²) in [5.74, 6) is 0.656. The molecule has 5 heteroatoms. The summed E-state index contributed by atoms with van der Waals surface area (Å²) in [7, 11) is 2.24. The number of anilines is 1. The smallest absolute Gasteiger partial charge is 0.153 e. The highest BCUT2D eigenvalue weighted by molar-refractivity contribution is 7.09. The predicted molar refractivity (Wildman–Crippen MR) is 107 cm³/mol. The van der Waals surface area contributed by atoms with E-state index in [2.05, 4.69) is 29.2 Å². The second-order valence-corrected chi connectivity index (χ2v) is 7.51. The van der Waals surface area contributed by atoms with Crippen molar-refractivity contribution in [2.24, 2.45) is 0 Å². The van der Waals surface area contributed by atoms with E-state index in [0.717, 1.165) is 18.0 Å². The van der Waals surface area contributed by atoms with Crippen molar-refractivity contribution in [1.29, 1.82) is 0 Å². The number of hydrogen-bond donors (Lipinski definition) is 1. The molecule has 2 aromatic heterocycles. The average Bonchev–Trinajstić information content (AvgIpc) is 3.15. The van der Waals surface area contributed by atoms with E-state index in [-0.39, 0.29) is 0 Å². The quantitative estimate of drug-likeness (QED) is 0.782. The molecular formula is C20H29N3OS. The molecule has 136 valence electrons. The van der Waals surface area contributed by atoms with Crippen molar-refractivity contribution >= 4 is 23.4 Å². The number of nitrogens with one attached hydrogen (secondary N) is 1. The monoisotopic (exact) mass is 359 g/mol. The maximum atomic E-state index is 10.8. The number of nitrogens with zero attached hydrogens (tertiary/aromatic N) is 2. The molecule has 0 bridgehead atoms. The lowest BCUT2D eigenvalue weighted by molar-refractivity contribution is 0.112. The lowest BCUT2D eigenvalue weighted by Gasteiger charge is -2.31. The second-order valence-electron chi connectivity index (χ2n) is 6.48. The van der Waals surface area contributed by atoms with Crippen LogP contribution in [0.15, 0.2) is 29.6 Å². The lowest BCUT2D eigenvalue weighted by Crippen LogP contribution is -2.35. The summed E-state index contributed by atoms with van der Waals surface area (Å²) in [5.41, 5.74) is 1.50. The third kappa shape index (κ3) is 6.25. The highest BCUT2D eigenvalue weighted by Gasteiger charge is 2.15. The van der Waals surface area contributed by atoms with Crippen LogP contribution in [0.3, 0.4) is 0 Å². The molecule has 0 saturated carbocycles. The van der Waals surface area contributed by atoms with E-state index in [4.69, 9.17) is 0 Å². The van der Waals surface area contributed by atoms with Crippen LogP contribution in [0.5, 0.6) is 0 Å². The molecule has 1 unspecified atom stereocenters. The van der Waals surface area contributed by atoms with Crippen LogP contribution in [0.25, 0.3) is 0 Å². The minimum atomic E-state index is 0.599. The number of aldehydes is 1. The van der Waals surface area contributed by atoms with E-state index in [1.165, 1.54) is 37.1 Å². The Bertz CT molecular complexity index is 642. The highest BCUT2D eigenvalue weighted by atomic mass is 32.1. The van der Waals surface area contributed by atoms with Crippen LogP contribution in [-0.4, -0.2) is 35.8 Å². The molecule has 0 spiro atoms. The molecule has 1 N–H and O–H groups in total. The third-order valence-electron chi connectivity index (χ3n) is 4.60. The van der Waals surface area contributed by atoms with Gasteiger partial charge in [-0.05, 0) is 63.4 Å². The summed E-state index contributed by atoms with van der Waals surface area (Å²) < 4.78 is 0. The van der Waals surface area contributed by atoms with Gasteiger partial charge in [0.25, 0.3) is 0 Å². The van der Waals surface area contributed by atoms with Gasteiger partial charge in [-0.15, -0.1) is 11.3 Å². The predicted octanol–water partition coefficient (Wildman–Crippen LogP) is 4.76. The molecule has 25 heavy (non-hydrogen) atoms. The first kappa shape index (κ1) is 19.6. The minimum Gasteiger partial charge on any atom is -0.365 e. The summed E-state index contributed by atoms with van der Waals surface area (Å²) >= 11 is 1.68. The number of aromatic nitrogens is 1. The molecule has 4 nitrogen and oxygen atoms in total. The first-order valence-electron chi connectivity index (χ1n) is 9.03. The van der Waals surface area contributed by atoms with Crippen molar-refractivity contribution in [3.05, 3.63) is 45.8 Å². The Morgan fingerprint density at radius 1 is 1.36 bits per heavy atom. The summed E-state index contributed by atoms with van der Waals surface area (Å²) in [6.07, 6.45) is 6.43. The van der Waals surface area contributed by atoms with Crippen LogP contribution in [0, 0.1) is 6.92 Å². The zero-order valence-electron chi connectivity index (χ0n) is 15.5. The number of likely N-dealkylation sites (tertiary alicyclic amines) is 1. The molecule has 1 aliphatic rings. The largest absolute Gasteiger partial charge is 0.365 e. The van der Waals surface area contributed by atoms with Gasteiger partial charge in [0, 0.05) is 16.6 Å². The van der Waals surface area contributed by atoms with Gasteiger partial charge in [0.15, 0.2) is 6.29 Å². The molecule has 3 heterocycles. The fourth-order valence-electron chi connectivity index (χ4n) is 3.05. The first-order valence-corrected chi connectivity index (χ1v) is 9.91. The van der Waals surface area contributed by atoms with E-state index < -0.39 is 0 Å². The number of piperidine rings is 1. The SMILES string of the molecule is CCC1CCCCN1C.Cc1ccc(C=O)c(NCc2cccs2)n1. The second kappa shape index (κ2) is 10.3. The summed E-state index contributed by atoms with van der Waals surface area (Å²) in [4.78, 5) is 18.8. The zero-order valence-corrected chi connectivity index (χ0v) is 16.3. The van der Waals surface area contributed by atoms with Crippen molar-refractivity contribution in [3.8, 4) is 0 Å². The maximum Gasteiger partial charge on any atom is 0.153 e. The molecule has 1 saturated heterocycles. The number of hydrogen-bond acceptors (Lipinski definition) is 5. The van der Waals surface area contributed by atoms with Crippen molar-refractivity contribution in [2.45, 2.75) is 52.1 Å². The fourth-order valence-corrected chi connectivity index (χ4v) is 3.69. The fraction of sp³-hybridized carbons (Fsp3) is 0.500. The van der Waals surface area contributed by atoms with Crippen molar-refractivity contribution in [3.63, 3.8) is 0 Å². The topological polar surface area (TPSA) is 45.2 Å². The number of pyridine rings is 1. The van der Waals surface area contributed by atoms with E-state index >= 15 is 0 Å². The molecule has 1 aliphatic heterocycles. The van der Waals surface area contributed by atoms with Gasteiger partial charge in [-0.1, -0.05) is 19.4 Å². The van der Waals surface area contributed by atoms with Crippen molar-refractivity contribution in [2.75, 3.05) is 18.9 Å². The zero-order chi connectivity index (χ0) is 18.1. The number of rotatable bonds is 5. The number of thiophene rings is 1. The van der Waals surface area contributed by atoms with Gasteiger partial charge in [0.05, 0.1) is 12.1 Å². The standard InChI is InChI=1S/C12H12N2OS.C8H17N/c1-9-4-5-10(8-15)12(14-9)13-7-11-3-2-6-16-11;1-3-8-6-4-5-7-9(8)2/h2-6,8H,7H2,1H3,(H,13,14);8H,3-7H2,1-2H3. The normalized spacial score (nSPS) is 17.5. The molecule has 3 rings (SSSR count). The Kier molecular flexibility index (Phi) is 8.09. The van der Waals surface area contributed by atoms with Crippen LogP contribution in [0.2, 0.25) is 0 Å². The Morgan fingerprint density at radius 2 is 2.20 bits per heavy atom. The van der Waals surface area contributed by atoms with Crippen LogP contribution < -0.4 is 5.32 Å². The van der Waals surface area contributed by atoms with E-state index in [0.29, 0.717) is 17.9 Å². The summed E-state index contributed by atoms with van der Waals surface area (Å²) in [6.45, 7) is 6.21. The first-order chi connectivity index (χ1) is 12.1. The number of aryl methyl sites for hydroxylation is 1. The molecule has 0 amide bonds. The van der Waals surface area contributed by atoms with Gasteiger partial charge in [-0.3, -0.25) is 4.79 Å². The Balaban J connectivity index is 0.000000212. The molecule has 2 aromatic rings. The van der Waals surface area contributed by atoms with Gasteiger partial charge in [0.1, 0.15) is 5.82 Å². The molecule has 0 aliphatic carbocycles. The molecular weight excluding hydrogens is 330 g/mol. The van der Waals surface area contributed by atoms with Gasteiger partial charge < -0.3 is 10.2 Å². The van der Waals surface area contributed by atoms with Gasteiger partial charge in [-0.2, -0.15) is 0 Å². The molecule has 1 fully saturated rings. The lowest BCUT2D eigenvalue weighted by atomic mass is 10.0. The van der Waals surface area contributed by atoms with Crippen molar-refractivity contribution in [1.82, 2.24) is 9.88 Å². The van der Waals surface area contributed by atoms with Gasteiger partial charge >= 0.3 is 0 Å². The highest BCUT2D eigenvalue weighted by Crippen LogP contribution is 2.17. The van der Waals surface area contributed by atoms with Gasteiger partial charge in [-0.25, -0.2) is 4.98 Å². The van der Waals surface area contributed by atoms with E-state index in [1.54, 1.807) is 17.4 Å². The number of carbonyl (C=O) groups is 1. The minimum absolute atomic E-state index is 0.599.